The lowest BCUT2D eigenvalue weighted by Gasteiger charge is -2.25. The molecule has 2 aliphatic heterocycles. The van der Waals surface area contributed by atoms with E-state index in [1.165, 1.54) is 80.6 Å². The fourth-order valence-electron chi connectivity index (χ4n) is 9.86. The Morgan fingerprint density at radius 1 is 0.459 bits per heavy atom. The predicted molar refractivity (Wildman–Crippen MR) is 259 cm³/mol. The van der Waals surface area contributed by atoms with E-state index in [0.717, 1.165) is 33.9 Å². The van der Waals surface area contributed by atoms with Gasteiger partial charge in [0, 0.05) is 48.0 Å². The van der Waals surface area contributed by atoms with E-state index in [-0.39, 0.29) is 6.04 Å². The molecule has 0 amide bonds. The first kappa shape index (κ1) is 34.3. The van der Waals surface area contributed by atoms with Gasteiger partial charge in [-0.1, -0.05) is 176 Å². The molecule has 1 unspecified atom stereocenters. The monoisotopic (exact) mass is 796 g/mol. The van der Waals surface area contributed by atoms with Crippen molar-refractivity contribution in [3.05, 3.63) is 222 Å². The number of benzene rings is 9. The van der Waals surface area contributed by atoms with Gasteiger partial charge in [-0.15, -0.1) is 0 Å². The summed E-state index contributed by atoms with van der Waals surface area (Å²) in [5.41, 5.74) is 11.6. The van der Waals surface area contributed by atoms with Gasteiger partial charge in [0.15, 0.2) is 0 Å². The second kappa shape index (κ2) is 13.5. The van der Waals surface area contributed by atoms with Gasteiger partial charge < -0.3 is 9.88 Å². The van der Waals surface area contributed by atoms with Crippen LogP contribution in [-0.4, -0.2) is 21.1 Å². The summed E-state index contributed by atoms with van der Waals surface area (Å²) in [6.45, 7) is 0. The minimum Gasteiger partial charge on any atom is -0.344 e. The number of para-hydroxylation sites is 2. The molecule has 0 bridgehead atoms. The van der Waals surface area contributed by atoms with Crippen molar-refractivity contribution in [2.45, 2.75) is 6.04 Å². The number of fused-ring (bicyclic) bond motifs is 10. The van der Waals surface area contributed by atoms with Crippen LogP contribution in [0.4, 0.5) is 0 Å². The largest absolute Gasteiger partial charge is 0.344 e. The molecule has 13 rings (SSSR count). The SMILES string of the molecule is C1=C(c2cccc3ccccc23)SC2=C(c3ccccc3)N=C(n3c4ccc(-c5cccc6c5c5ccccc5n6-c5ccccc5)cc4c4ccc5ccccc5c43)NC12. The molecule has 5 heteroatoms. The number of hydrogen-bond donors (Lipinski definition) is 1. The van der Waals surface area contributed by atoms with Gasteiger partial charge >= 0.3 is 0 Å². The van der Waals surface area contributed by atoms with Gasteiger partial charge in [-0.25, -0.2) is 4.99 Å². The molecule has 1 N–H and O–H groups in total. The summed E-state index contributed by atoms with van der Waals surface area (Å²) in [7, 11) is 0. The van der Waals surface area contributed by atoms with Crippen molar-refractivity contribution in [2.24, 2.45) is 4.99 Å². The summed E-state index contributed by atoms with van der Waals surface area (Å²) in [6, 6.07) is 72.4. The van der Waals surface area contributed by atoms with Gasteiger partial charge in [0.05, 0.1) is 33.8 Å². The average Bonchev–Trinajstić information content (AvgIpc) is 4.02. The Kier molecular flexibility index (Phi) is 7.57. The minimum absolute atomic E-state index is 0.0528. The van der Waals surface area contributed by atoms with Crippen molar-refractivity contribution >= 4 is 93.5 Å². The molecule has 0 spiro atoms. The van der Waals surface area contributed by atoms with E-state index in [1.807, 2.05) is 11.8 Å². The Bertz CT molecular complexity index is 3700. The topological polar surface area (TPSA) is 34.2 Å². The zero-order valence-corrected chi connectivity index (χ0v) is 33.8. The normalized spacial score (nSPS) is 15.2. The van der Waals surface area contributed by atoms with Crippen molar-refractivity contribution in [3.8, 4) is 16.8 Å². The second-order valence-corrected chi connectivity index (χ2v) is 17.0. The third-order valence-electron chi connectivity index (χ3n) is 12.5. The molecule has 4 nitrogen and oxygen atoms in total. The number of aliphatic imine (C=N–C) groups is 1. The maximum Gasteiger partial charge on any atom is 0.209 e. The smallest absolute Gasteiger partial charge is 0.209 e. The van der Waals surface area contributed by atoms with Crippen LogP contribution in [0.3, 0.4) is 0 Å². The first-order valence-corrected chi connectivity index (χ1v) is 21.7. The van der Waals surface area contributed by atoms with E-state index in [9.17, 15) is 0 Å². The minimum atomic E-state index is -0.0528. The van der Waals surface area contributed by atoms with E-state index in [4.69, 9.17) is 4.99 Å². The standard InChI is InChI=1S/C56H36N4S/c1-3-17-37(18-4-1)53-55-47(34-51(61-55)43-26-13-19-35-15-7-9-22-40(35)43)57-56(58-53)60-49-32-30-38(33-46(49)44-31-29-36-16-8-10-23-42(36)54(44)60)41-25-14-28-50-52(41)45-24-11-12-27-48(45)59(50)39-20-5-2-6-21-39/h1-34,47H,(H,57,58). The molecule has 0 fully saturated rings. The Labute approximate surface area is 356 Å². The van der Waals surface area contributed by atoms with Crippen molar-refractivity contribution in [1.29, 1.82) is 0 Å². The van der Waals surface area contributed by atoms with Crippen LogP contribution in [0.5, 0.6) is 0 Å². The highest BCUT2D eigenvalue weighted by atomic mass is 32.2. The third kappa shape index (κ3) is 5.24. The van der Waals surface area contributed by atoms with Gasteiger partial charge in [0.1, 0.15) is 0 Å². The summed E-state index contributed by atoms with van der Waals surface area (Å²) in [6.07, 6.45) is 2.40. The summed E-state index contributed by atoms with van der Waals surface area (Å²) < 4.78 is 4.78. The maximum absolute atomic E-state index is 5.61. The fraction of sp³-hybridized carbons (Fsp3) is 0.0179. The van der Waals surface area contributed by atoms with E-state index >= 15 is 0 Å². The van der Waals surface area contributed by atoms with E-state index in [0.29, 0.717) is 0 Å². The molecule has 1 atom stereocenters. The lowest BCUT2D eigenvalue weighted by molar-refractivity contribution is 0.835. The Balaban J connectivity index is 1.04. The molecule has 0 aliphatic carbocycles. The van der Waals surface area contributed by atoms with E-state index in [1.54, 1.807) is 0 Å². The highest BCUT2D eigenvalue weighted by molar-refractivity contribution is 8.12. The maximum atomic E-state index is 5.61. The molecule has 0 radical (unpaired) electrons. The van der Waals surface area contributed by atoms with Gasteiger partial charge in [-0.05, 0) is 75.3 Å². The zero-order valence-electron chi connectivity index (χ0n) is 33.0. The molecule has 61 heavy (non-hydrogen) atoms. The van der Waals surface area contributed by atoms with E-state index < -0.39 is 0 Å². The van der Waals surface area contributed by atoms with E-state index in [2.05, 4.69) is 221 Å². The fourth-order valence-corrected chi connectivity index (χ4v) is 11.1. The number of nitrogens with zero attached hydrogens (tertiary/aromatic N) is 3. The molecule has 286 valence electrons. The first-order valence-electron chi connectivity index (χ1n) is 20.8. The number of nitrogens with one attached hydrogen (secondary N) is 1. The average molecular weight is 797 g/mol. The van der Waals surface area contributed by atoms with Gasteiger partial charge in [0.2, 0.25) is 5.96 Å². The van der Waals surface area contributed by atoms with Crippen molar-refractivity contribution < 1.29 is 0 Å². The van der Waals surface area contributed by atoms with Crippen molar-refractivity contribution in [1.82, 2.24) is 14.5 Å². The molecule has 0 saturated carbocycles. The van der Waals surface area contributed by atoms with Crippen molar-refractivity contribution in [2.75, 3.05) is 0 Å². The van der Waals surface area contributed by atoms with Gasteiger partial charge in [-0.3, -0.25) is 4.57 Å². The van der Waals surface area contributed by atoms with Crippen LogP contribution < -0.4 is 5.32 Å². The van der Waals surface area contributed by atoms with Crippen LogP contribution in [0.2, 0.25) is 0 Å². The Morgan fingerprint density at radius 2 is 1.11 bits per heavy atom. The highest BCUT2D eigenvalue weighted by Gasteiger charge is 2.33. The summed E-state index contributed by atoms with van der Waals surface area (Å²) >= 11 is 1.84. The van der Waals surface area contributed by atoms with Crippen LogP contribution in [-0.2, 0) is 0 Å². The van der Waals surface area contributed by atoms with Crippen LogP contribution in [0.1, 0.15) is 11.1 Å². The van der Waals surface area contributed by atoms with Crippen LogP contribution in [0.25, 0.3) is 92.6 Å². The highest BCUT2D eigenvalue weighted by Crippen LogP contribution is 2.49. The van der Waals surface area contributed by atoms with Crippen molar-refractivity contribution in [3.63, 3.8) is 0 Å². The van der Waals surface area contributed by atoms with Crippen LogP contribution in [0.15, 0.2) is 216 Å². The quantitative estimate of drug-likeness (QED) is 0.192. The van der Waals surface area contributed by atoms with Gasteiger partial charge in [-0.2, -0.15) is 0 Å². The lowest BCUT2D eigenvalue weighted by atomic mass is 9.97. The zero-order chi connectivity index (χ0) is 40.0. The first-order chi connectivity index (χ1) is 30.3. The molecule has 4 heterocycles. The number of rotatable bonds is 4. The number of thioether (sulfide) groups is 1. The molecule has 9 aromatic carbocycles. The van der Waals surface area contributed by atoms with Crippen LogP contribution >= 0.6 is 11.8 Å². The van der Waals surface area contributed by atoms with Gasteiger partial charge in [0.25, 0.3) is 0 Å². The molecular formula is C56H36N4S. The molecular weight excluding hydrogens is 761 g/mol. The third-order valence-corrected chi connectivity index (χ3v) is 13.8. The number of hydrogen-bond acceptors (Lipinski definition) is 3. The number of aromatic nitrogens is 2. The summed E-state index contributed by atoms with van der Waals surface area (Å²) in [5, 5.41) is 13.8. The second-order valence-electron chi connectivity index (χ2n) is 15.9. The molecule has 0 saturated heterocycles. The molecule has 11 aromatic rings. The molecule has 2 aliphatic rings. The Hall–Kier alpha value is -7.60. The predicted octanol–water partition coefficient (Wildman–Crippen LogP) is 14.2. The summed E-state index contributed by atoms with van der Waals surface area (Å²) in [5.74, 6) is 0.820. The van der Waals surface area contributed by atoms with Crippen LogP contribution in [0, 0.1) is 0 Å². The Morgan fingerprint density at radius 3 is 1.97 bits per heavy atom. The molecule has 2 aromatic heterocycles. The lowest BCUT2D eigenvalue weighted by Crippen LogP contribution is -2.40. The summed E-state index contributed by atoms with van der Waals surface area (Å²) in [4.78, 5) is 8.07.